The van der Waals surface area contributed by atoms with Gasteiger partial charge in [0.05, 0.1) is 0 Å². The average molecular weight is 284 g/mol. The smallest absolute Gasteiger partial charge is 0.157 e. The monoisotopic (exact) mass is 284 g/mol. The van der Waals surface area contributed by atoms with Crippen LogP contribution in [0.25, 0.3) is 0 Å². The van der Waals surface area contributed by atoms with Crippen LogP contribution in [0.15, 0.2) is 60.7 Å². The summed E-state index contributed by atoms with van der Waals surface area (Å²) < 4.78 is 0. The Morgan fingerprint density at radius 3 is 1.45 bits per heavy atom. The van der Waals surface area contributed by atoms with E-state index in [1.807, 2.05) is 60.7 Å². The van der Waals surface area contributed by atoms with Gasteiger partial charge in [0.2, 0.25) is 0 Å². The van der Waals surface area contributed by atoms with Gasteiger partial charge in [-0.1, -0.05) is 60.7 Å². The average Bonchev–Trinajstić information content (AvgIpc) is 2.48. The number of hydrogen-bond donors (Lipinski definition) is 1. The van der Waals surface area contributed by atoms with Crippen LogP contribution in [0, 0.1) is 0 Å². The fourth-order valence-corrected chi connectivity index (χ4v) is 2.15. The first-order valence-corrected chi connectivity index (χ1v) is 7.00. The molecule has 0 atom stereocenters. The van der Waals surface area contributed by atoms with Gasteiger partial charge in [-0.05, 0) is 11.1 Å². The molecule has 0 N–H and O–H groups in total. The zero-order valence-electron chi connectivity index (χ0n) is 11.0. The van der Waals surface area contributed by atoms with Gasteiger partial charge in [-0.15, -0.1) is 0 Å². The Labute approximate surface area is 124 Å². The minimum Gasteiger partial charge on any atom is -0.298 e. The third kappa shape index (κ3) is 4.07. The molecule has 0 aromatic heterocycles. The molecule has 0 aliphatic heterocycles. The molecule has 0 unspecified atom stereocenters. The summed E-state index contributed by atoms with van der Waals surface area (Å²) in [4.78, 5) is 24.1. The van der Waals surface area contributed by atoms with Crippen LogP contribution in [-0.2, 0) is 22.4 Å². The Morgan fingerprint density at radius 2 is 1.10 bits per heavy atom. The summed E-state index contributed by atoms with van der Waals surface area (Å²) in [6, 6.07) is 18.8. The summed E-state index contributed by atoms with van der Waals surface area (Å²) in [5.74, 6) is -0.305. The fraction of sp³-hybridized carbons (Fsp3) is 0.176. The van der Waals surface area contributed by atoms with Crippen molar-refractivity contribution in [2.45, 2.75) is 18.1 Å². The van der Waals surface area contributed by atoms with Gasteiger partial charge in [0.25, 0.3) is 0 Å². The van der Waals surface area contributed by atoms with E-state index in [1.54, 1.807) is 0 Å². The molecule has 0 spiro atoms. The van der Waals surface area contributed by atoms with E-state index in [9.17, 15) is 9.59 Å². The molecule has 20 heavy (non-hydrogen) atoms. The van der Waals surface area contributed by atoms with Crippen LogP contribution in [-0.4, -0.2) is 16.8 Å². The third-order valence-electron chi connectivity index (χ3n) is 3.05. The van der Waals surface area contributed by atoms with E-state index in [4.69, 9.17) is 0 Å². The lowest BCUT2D eigenvalue weighted by Gasteiger charge is -2.09. The molecule has 2 aromatic rings. The minimum absolute atomic E-state index is 0.152. The third-order valence-corrected chi connectivity index (χ3v) is 3.63. The summed E-state index contributed by atoms with van der Waals surface area (Å²) in [5, 5.41) is -0.851. The number of carbonyl (C=O) groups is 2. The van der Waals surface area contributed by atoms with Crippen molar-refractivity contribution in [3.63, 3.8) is 0 Å². The van der Waals surface area contributed by atoms with E-state index in [-0.39, 0.29) is 24.4 Å². The zero-order valence-corrected chi connectivity index (χ0v) is 11.9. The van der Waals surface area contributed by atoms with Crippen LogP contribution >= 0.6 is 12.6 Å². The van der Waals surface area contributed by atoms with Gasteiger partial charge in [-0.25, -0.2) is 0 Å². The molecule has 0 saturated heterocycles. The Hall–Kier alpha value is -1.87. The second-order valence-electron chi connectivity index (χ2n) is 4.66. The topological polar surface area (TPSA) is 34.1 Å². The van der Waals surface area contributed by atoms with Crippen molar-refractivity contribution in [2.75, 3.05) is 0 Å². The molecule has 2 nitrogen and oxygen atoms in total. The highest BCUT2D eigenvalue weighted by molar-refractivity contribution is 7.82. The van der Waals surface area contributed by atoms with Gasteiger partial charge in [0.15, 0.2) is 11.6 Å². The molecular formula is C17H16O2S. The second kappa shape index (κ2) is 7.06. The van der Waals surface area contributed by atoms with Crippen molar-refractivity contribution in [1.82, 2.24) is 0 Å². The summed E-state index contributed by atoms with van der Waals surface area (Å²) in [6.07, 6.45) is 0.491. The van der Waals surface area contributed by atoms with Crippen molar-refractivity contribution < 1.29 is 9.59 Å². The quantitative estimate of drug-likeness (QED) is 0.654. The lowest BCUT2D eigenvalue weighted by atomic mass is 10.0. The first-order valence-electron chi connectivity index (χ1n) is 6.48. The molecule has 0 radical (unpaired) electrons. The minimum atomic E-state index is -0.851. The summed E-state index contributed by atoms with van der Waals surface area (Å²) >= 11 is 4.18. The maximum atomic E-state index is 12.0. The number of Topliss-reactive ketones (excluding diaryl/α,β-unsaturated/α-hetero) is 2. The number of ketones is 2. The predicted octanol–water partition coefficient (Wildman–Crippen LogP) is 2.91. The molecule has 0 aliphatic carbocycles. The Balaban J connectivity index is 1.95. The molecule has 102 valence electrons. The van der Waals surface area contributed by atoms with Crippen LogP contribution in [0.2, 0.25) is 0 Å². The standard InChI is InChI=1S/C17H16O2S/c18-15(11-13-7-3-1-4-8-13)17(20)16(19)12-14-9-5-2-6-10-14/h1-10,17,20H,11-12H2. The van der Waals surface area contributed by atoms with Gasteiger partial charge in [0, 0.05) is 12.8 Å². The highest BCUT2D eigenvalue weighted by Crippen LogP contribution is 2.10. The molecule has 0 saturated carbocycles. The van der Waals surface area contributed by atoms with Crippen LogP contribution < -0.4 is 0 Å². The normalized spacial score (nSPS) is 10.5. The van der Waals surface area contributed by atoms with Crippen molar-refractivity contribution >= 4 is 24.2 Å². The Kier molecular flexibility index (Phi) is 5.13. The lowest BCUT2D eigenvalue weighted by molar-refractivity contribution is -0.125. The Morgan fingerprint density at radius 1 is 0.750 bits per heavy atom. The molecule has 0 bridgehead atoms. The highest BCUT2D eigenvalue weighted by Gasteiger charge is 2.22. The van der Waals surface area contributed by atoms with Gasteiger partial charge >= 0.3 is 0 Å². The van der Waals surface area contributed by atoms with Crippen LogP contribution in [0.5, 0.6) is 0 Å². The fourth-order valence-electron chi connectivity index (χ4n) is 1.97. The summed E-state index contributed by atoms with van der Waals surface area (Å²) in [6.45, 7) is 0. The lowest BCUT2D eigenvalue weighted by Crippen LogP contribution is -2.27. The SMILES string of the molecule is O=C(Cc1ccccc1)C(S)C(=O)Cc1ccccc1. The Bertz CT molecular complexity index is 525. The van der Waals surface area contributed by atoms with E-state index in [2.05, 4.69) is 12.6 Å². The molecule has 0 aliphatic rings. The van der Waals surface area contributed by atoms with Crippen LogP contribution in [0.1, 0.15) is 11.1 Å². The number of rotatable bonds is 6. The van der Waals surface area contributed by atoms with Gasteiger partial charge < -0.3 is 0 Å². The molecule has 2 aromatic carbocycles. The van der Waals surface area contributed by atoms with Crippen molar-refractivity contribution in [1.29, 1.82) is 0 Å². The molecule has 3 heteroatoms. The zero-order chi connectivity index (χ0) is 14.4. The van der Waals surface area contributed by atoms with E-state index in [0.29, 0.717) is 0 Å². The molecule has 0 heterocycles. The van der Waals surface area contributed by atoms with Crippen LogP contribution in [0.4, 0.5) is 0 Å². The molecule has 2 rings (SSSR count). The van der Waals surface area contributed by atoms with E-state index in [1.165, 1.54) is 0 Å². The summed E-state index contributed by atoms with van der Waals surface area (Å²) in [7, 11) is 0. The number of benzene rings is 2. The first kappa shape index (κ1) is 14.5. The maximum Gasteiger partial charge on any atom is 0.157 e. The van der Waals surface area contributed by atoms with E-state index < -0.39 is 5.25 Å². The van der Waals surface area contributed by atoms with Crippen LogP contribution in [0.3, 0.4) is 0 Å². The summed E-state index contributed by atoms with van der Waals surface area (Å²) in [5.41, 5.74) is 1.81. The van der Waals surface area contributed by atoms with Crippen molar-refractivity contribution in [3.8, 4) is 0 Å². The molecule has 0 amide bonds. The molecular weight excluding hydrogens is 268 g/mol. The number of carbonyl (C=O) groups excluding carboxylic acids is 2. The van der Waals surface area contributed by atoms with Crippen molar-refractivity contribution in [3.05, 3.63) is 71.8 Å². The second-order valence-corrected chi connectivity index (χ2v) is 5.18. The highest BCUT2D eigenvalue weighted by atomic mass is 32.1. The van der Waals surface area contributed by atoms with Gasteiger partial charge in [-0.2, -0.15) is 12.6 Å². The van der Waals surface area contributed by atoms with E-state index >= 15 is 0 Å². The van der Waals surface area contributed by atoms with E-state index in [0.717, 1.165) is 11.1 Å². The predicted molar refractivity (Wildman–Crippen MR) is 83.1 cm³/mol. The first-order chi connectivity index (χ1) is 9.66. The molecule has 0 fully saturated rings. The van der Waals surface area contributed by atoms with Gasteiger partial charge in [0.1, 0.15) is 5.25 Å². The number of hydrogen-bond acceptors (Lipinski definition) is 3. The largest absolute Gasteiger partial charge is 0.298 e. The maximum absolute atomic E-state index is 12.0. The van der Waals surface area contributed by atoms with Gasteiger partial charge in [-0.3, -0.25) is 9.59 Å². The number of thiol groups is 1. The van der Waals surface area contributed by atoms with Crippen molar-refractivity contribution in [2.24, 2.45) is 0 Å².